The zero-order chi connectivity index (χ0) is 18.0. The average molecular weight is 353 g/mol. The van der Waals surface area contributed by atoms with Crippen LogP contribution >= 0.6 is 0 Å². The van der Waals surface area contributed by atoms with Gasteiger partial charge in [0.05, 0.1) is 19.5 Å². The van der Waals surface area contributed by atoms with Crippen molar-refractivity contribution >= 4 is 17.0 Å². The maximum atomic E-state index is 10.2. The number of nitrogen functional groups attached to an aromatic ring is 1. The SMILES string of the molecule is CCCOCCc1nc(N)c2ncn([C@@H]3O[C@H](CO)[C@@H](O)[C@H]3O)c2n1. The molecule has 0 spiro atoms. The van der Waals surface area contributed by atoms with E-state index in [1.807, 2.05) is 6.92 Å². The summed E-state index contributed by atoms with van der Waals surface area (Å²) in [6.45, 7) is 2.76. The van der Waals surface area contributed by atoms with Gasteiger partial charge in [-0.1, -0.05) is 6.92 Å². The first-order valence-corrected chi connectivity index (χ1v) is 8.26. The molecule has 138 valence electrons. The number of anilines is 1. The minimum atomic E-state index is -1.22. The summed E-state index contributed by atoms with van der Waals surface area (Å²) in [5.74, 6) is 0.718. The topological polar surface area (TPSA) is 149 Å². The third-order valence-corrected chi connectivity index (χ3v) is 4.10. The second-order valence-electron chi connectivity index (χ2n) is 5.94. The van der Waals surface area contributed by atoms with E-state index in [9.17, 15) is 15.3 Å². The van der Waals surface area contributed by atoms with E-state index in [2.05, 4.69) is 15.0 Å². The van der Waals surface area contributed by atoms with Crippen molar-refractivity contribution in [3.8, 4) is 0 Å². The van der Waals surface area contributed by atoms with Crippen LogP contribution in [0.15, 0.2) is 6.33 Å². The number of hydrogen-bond donors (Lipinski definition) is 4. The molecule has 4 atom stereocenters. The van der Waals surface area contributed by atoms with Crippen LogP contribution in [0.4, 0.5) is 5.82 Å². The van der Waals surface area contributed by atoms with E-state index in [4.69, 9.17) is 15.2 Å². The molecule has 3 rings (SSSR count). The summed E-state index contributed by atoms with van der Waals surface area (Å²) in [6.07, 6.45) is -1.38. The third-order valence-electron chi connectivity index (χ3n) is 4.10. The highest BCUT2D eigenvalue weighted by molar-refractivity contribution is 5.81. The van der Waals surface area contributed by atoms with Crippen LogP contribution < -0.4 is 5.73 Å². The maximum Gasteiger partial charge on any atom is 0.167 e. The van der Waals surface area contributed by atoms with Crippen molar-refractivity contribution in [2.24, 2.45) is 0 Å². The number of aliphatic hydroxyl groups is 3. The van der Waals surface area contributed by atoms with E-state index in [0.717, 1.165) is 6.42 Å². The molecule has 1 saturated heterocycles. The Balaban J connectivity index is 1.88. The molecule has 1 fully saturated rings. The van der Waals surface area contributed by atoms with Gasteiger partial charge in [-0.05, 0) is 6.42 Å². The molecule has 1 aliphatic rings. The van der Waals surface area contributed by atoms with Crippen molar-refractivity contribution in [3.05, 3.63) is 12.2 Å². The number of imidazole rings is 1. The Morgan fingerprint density at radius 3 is 2.76 bits per heavy atom. The molecule has 25 heavy (non-hydrogen) atoms. The van der Waals surface area contributed by atoms with Gasteiger partial charge in [0, 0.05) is 13.0 Å². The van der Waals surface area contributed by atoms with Crippen LogP contribution in [0.1, 0.15) is 25.4 Å². The standard InChI is InChI=1S/C15H23N5O5/c1-2-4-24-5-3-9-18-13(16)10-14(19-9)20(7-17-10)15-12(23)11(22)8(6-21)25-15/h7-8,11-12,15,21-23H,2-6H2,1H3,(H2,16,18,19)/t8-,11-,12-,15-/m1/s1. The number of nitrogens with zero attached hydrogens (tertiary/aromatic N) is 4. The largest absolute Gasteiger partial charge is 0.394 e. The highest BCUT2D eigenvalue weighted by Crippen LogP contribution is 2.31. The molecule has 2 aromatic rings. The summed E-state index contributed by atoms with van der Waals surface area (Å²) in [4.78, 5) is 12.8. The lowest BCUT2D eigenvalue weighted by molar-refractivity contribution is -0.0511. The van der Waals surface area contributed by atoms with E-state index in [0.29, 0.717) is 36.6 Å². The molecule has 0 saturated carbocycles. The van der Waals surface area contributed by atoms with Gasteiger partial charge in [-0.25, -0.2) is 15.0 Å². The average Bonchev–Trinajstić information content (AvgIpc) is 3.14. The molecule has 5 N–H and O–H groups in total. The molecular formula is C15H23N5O5. The molecule has 0 aromatic carbocycles. The molecule has 10 heteroatoms. The van der Waals surface area contributed by atoms with Crippen LogP contribution in [0.25, 0.3) is 11.2 Å². The number of nitrogens with two attached hydrogens (primary N) is 1. The van der Waals surface area contributed by atoms with Gasteiger partial charge < -0.3 is 30.5 Å². The van der Waals surface area contributed by atoms with E-state index in [1.54, 1.807) is 0 Å². The van der Waals surface area contributed by atoms with Gasteiger partial charge >= 0.3 is 0 Å². The van der Waals surface area contributed by atoms with Crippen LogP contribution in [-0.4, -0.2) is 73.0 Å². The summed E-state index contributed by atoms with van der Waals surface area (Å²) >= 11 is 0. The molecule has 1 aliphatic heterocycles. The number of aromatic nitrogens is 4. The van der Waals surface area contributed by atoms with Crippen LogP contribution in [-0.2, 0) is 15.9 Å². The van der Waals surface area contributed by atoms with Crippen molar-refractivity contribution < 1.29 is 24.8 Å². The van der Waals surface area contributed by atoms with Crippen molar-refractivity contribution in [2.75, 3.05) is 25.6 Å². The minimum Gasteiger partial charge on any atom is -0.394 e. The summed E-state index contributed by atoms with van der Waals surface area (Å²) in [6, 6.07) is 0. The summed E-state index contributed by atoms with van der Waals surface area (Å²) in [5.41, 5.74) is 6.74. The quantitative estimate of drug-likeness (QED) is 0.459. The highest BCUT2D eigenvalue weighted by Gasteiger charge is 2.44. The first-order chi connectivity index (χ1) is 12.1. The molecule has 0 radical (unpaired) electrons. The number of rotatable bonds is 7. The smallest absolute Gasteiger partial charge is 0.167 e. The predicted molar refractivity (Wildman–Crippen MR) is 87.6 cm³/mol. The van der Waals surface area contributed by atoms with Crippen LogP contribution in [0.2, 0.25) is 0 Å². The first-order valence-electron chi connectivity index (χ1n) is 8.26. The third kappa shape index (κ3) is 3.44. The maximum absolute atomic E-state index is 10.2. The minimum absolute atomic E-state index is 0.223. The monoisotopic (exact) mass is 353 g/mol. The van der Waals surface area contributed by atoms with E-state index in [-0.39, 0.29) is 5.82 Å². The Bertz CT molecular complexity index is 724. The Morgan fingerprint density at radius 2 is 2.08 bits per heavy atom. The van der Waals surface area contributed by atoms with Gasteiger partial charge in [0.1, 0.15) is 29.7 Å². The van der Waals surface area contributed by atoms with E-state index >= 15 is 0 Å². The van der Waals surface area contributed by atoms with Crippen LogP contribution in [0, 0.1) is 0 Å². The normalized spacial score (nSPS) is 26.6. The number of hydrogen-bond acceptors (Lipinski definition) is 9. The Labute approximate surface area is 144 Å². The van der Waals surface area contributed by atoms with Crippen molar-refractivity contribution in [2.45, 2.75) is 44.3 Å². The lowest BCUT2D eigenvalue weighted by Gasteiger charge is -2.16. The molecule has 0 aliphatic carbocycles. The molecule has 10 nitrogen and oxygen atoms in total. The molecule has 3 heterocycles. The fourth-order valence-electron chi connectivity index (χ4n) is 2.80. The van der Waals surface area contributed by atoms with E-state index < -0.39 is 31.1 Å². The van der Waals surface area contributed by atoms with Crippen molar-refractivity contribution in [1.29, 1.82) is 0 Å². The zero-order valence-corrected chi connectivity index (χ0v) is 13.9. The fourth-order valence-corrected chi connectivity index (χ4v) is 2.80. The molecule has 0 bridgehead atoms. The van der Waals surface area contributed by atoms with Crippen LogP contribution in [0.5, 0.6) is 0 Å². The number of fused-ring (bicyclic) bond motifs is 1. The zero-order valence-electron chi connectivity index (χ0n) is 13.9. The Kier molecular flexibility index (Phi) is 5.45. The second-order valence-corrected chi connectivity index (χ2v) is 5.94. The van der Waals surface area contributed by atoms with Gasteiger partial charge in [0.25, 0.3) is 0 Å². The van der Waals surface area contributed by atoms with Crippen molar-refractivity contribution in [3.63, 3.8) is 0 Å². The molecule has 0 amide bonds. The lowest BCUT2D eigenvalue weighted by atomic mass is 10.1. The van der Waals surface area contributed by atoms with Crippen molar-refractivity contribution in [1.82, 2.24) is 19.5 Å². The summed E-state index contributed by atoms with van der Waals surface area (Å²) in [7, 11) is 0. The predicted octanol–water partition coefficient (Wildman–Crippen LogP) is -1.01. The Morgan fingerprint density at radius 1 is 1.28 bits per heavy atom. The fraction of sp³-hybridized carbons (Fsp3) is 0.667. The second kappa shape index (κ2) is 7.58. The highest BCUT2D eigenvalue weighted by atomic mass is 16.6. The van der Waals surface area contributed by atoms with Gasteiger partial charge in [0.2, 0.25) is 0 Å². The molecule has 2 aromatic heterocycles. The summed E-state index contributed by atoms with van der Waals surface area (Å²) in [5, 5.41) is 29.4. The number of ether oxygens (including phenoxy) is 2. The lowest BCUT2D eigenvalue weighted by Crippen LogP contribution is -2.33. The summed E-state index contributed by atoms with van der Waals surface area (Å²) < 4.78 is 12.5. The van der Waals surface area contributed by atoms with E-state index in [1.165, 1.54) is 10.9 Å². The van der Waals surface area contributed by atoms with Gasteiger partial charge in [-0.3, -0.25) is 4.57 Å². The molecular weight excluding hydrogens is 330 g/mol. The van der Waals surface area contributed by atoms with Gasteiger partial charge in [-0.2, -0.15) is 0 Å². The van der Waals surface area contributed by atoms with Gasteiger partial charge in [0.15, 0.2) is 17.7 Å². The van der Waals surface area contributed by atoms with Crippen LogP contribution in [0.3, 0.4) is 0 Å². The first kappa shape index (κ1) is 18.0. The number of aliphatic hydroxyl groups excluding tert-OH is 3. The molecule has 0 unspecified atom stereocenters. The van der Waals surface area contributed by atoms with Gasteiger partial charge in [-0.15, -0.1) is 0 Å². The Hall–Kier alpha value is -1.85.